The summed E-state index contributed by atoms with van der Waals surface area (Å²) in [6.07, 6.45) is -1.23. The lowest BCUT2D eigenvalue weighted by Crippen LogP contribution is -2.46. The van der Waals surface area contributed by atoms with Crippen LogP contribution in [0.25, 0.3) is 0 Å². The molecule has 6 nitrogen and oxygen atoms in total. The Morgan fingerprint density at radius 3 is 2.35 bits per heavy atom. The van der Waals surface area contributed by atoms with Gasteiger partial charge < -0.3 is 20.2 Å². The molecule has 0 radical (unpaired) electrons. The molecule has 0 bridgehead atoms. The molecule has 108 valence electrons. The van der Waals surface area contributed by atoms with E-state index in [1.807, 2.05) is 30.3 Å². The van der Waals surface area contributed by atoms with Gasteiger partial charge in [0.15, 0.2) is 6.04 Å². The highest BCUT2D eigenvalue weighted by molar-refractivity contribution is 6.05. The number of esters is 1. The monoisotopic (exact) mass is 278 g/mol. The van der Waals surface area contributed by atoms with Crippen molar-refractivity contribution >= 4 is 17.8 Å². The average Bonchev–Trinajstić information content (AvgIpc) is 2.44. The van der Waals surface area contributed by atoms with Crippen molar-refractivity contribution in [3.8, 4) is 0 Å². The fourth-order valence-electron chi connectivity index (χ4n) is 1.57. The van der Waals surface area contributed by atoms with Gasteiger partial charge in [0.2, 0.25) is 0 Å². The number of hydrogen-bond donors (Lipinski definition) is 2. The lowest BCUT2D eigenvalue weighted by atomic mass is 10.1. The predicted octanol–water partition coefficient (Wildman–Crippen LogP) is 2.06. The van der Waals surface area contributed by atoms with Crippen molar-refractivity contribution < 1.29 is 19.1 Å². The second kappa shape index (κ2) is 7.28. The van der Waals surface area contributed by atoms with Crippen LogP contribution in [0.1, 0.15) is 25.5 Å². The molecule has 0 aliphatic heterocycles. The number of ether oxygens (including phenoxy) is 2. The van der Waals surface area contributed by atoms with E-state index in [4.69, 9.17) is 10.1 Å². The molecule has 6 heteroatoms. The minimum Gasteiger partial charge on any atom is -0.467 e. The van der Waals surface area contributed by atoms with Crippen molar-refractivity contribution in [3.05, 3.63) is 35.9 Å². The van der Waals surface area contributed by atoms with Gasteiger partial charge >= 0.3 is 12.1 Å². The Bertz CT molecular complexity index is 487. The van der Waals surface area contributed by atoms with Crippen LogP contribution >= 0.6 is 0 Å². The van der Waals surface area contributed by atoms with Crippen LogP contribution in [0.15, 0.2) is 30.3 Å². The van der Waals surface area contributed by atoms with E-state index in [9.17, 15) is 9.59 Å². The number of carbonyl (C=O) groups is 2. The van der Waals surface area contributed by atoms with E-state index < -0.39 is 24.2 Å². The summed E-state index contributed by atoms with van der Waals surface area (Å²) in [4.78, 5) is 23.1. The first kappa shape index (κ1) is 15.7. The maximum absolute atomic E-state index is 11.7. The van der Waals surface area contributed by atoms with Crippen LogP contribution in [0.4, 0.5) is 4.79 Å². The Morgan fingerprint density at radius 1 is 1.25 bits per heavy atom. The highest BCUT2D eigenvalue weighted by atomic mass is 16.6. The van der Waals surface area contributed by atoms with Crippen molar-refractivity contribution in [1.29, 1.82) is 5.41 Å². The van der Waals surface area contributed by atoms with Gasteiger partial charge in [-0.25, -0.2) is 9.59 Å². The Hall–Kier alpha value is -2.37. The number of amides is 1. The molecule has 0 aliphatic rings. The maximum atomic E-state index is 11.7. The van der Waals surface area contributed by atoms with Gasteiger partial charge in [-0.2, -0.15) is 0 Å². The van der Waals surface area contributed by atoms with Crippen LogP contribution in [-0.4, -0.2) is 30.9 Å². The zero-order valence-corrected chi connectivity index (χ0v) is 11.7. The molecule has 1 amide bonds. The van der Waals surface area contributed by atoms with E-state index >= 15 is 0 Å². The predicted molar refractivity (Wildman–Crippen MR) is 73.7 cm³/mol. The molecular formula is C14H18N2O4. The number of hydrogen-bond acceptors (Lipinski definition) is 5. The summed E-state index contributed by atoms with van der Waals surface area (Å²) in [5.74, 6) is -0.707. The van der Waals surface area contributed by atoms with Crippen molar-refractivity contribution in [2.24, 2.45) is 0 Å². The zero-order chi connectivity index (χ0) is 15.1. The Morgan fingerprint density at radius 2 is 1.85 bits per heavy atom. The smallest absolute Gasteiger partial charge is 0.408 e. The number of nitrogens with one attached hydrogen (secondary N) is 2. The number of carbonyl (C=O) groups excluding carboxylic acids is 2. The molecule has 2 atom stereocenters. The molecule has 0 saturated heterocycles. The summed E-state index contributed by atoms with van der Waals surface area (Å²) in [5, 5.41) is 9.76. The molecule has 0 saturated carbocycles. The number of rotatable bonds is 5. The molecule has 2 N–H and O–H groups in total. The van der Waals surface area contributed by atoms with Crippen LogP contribution in [-0.2, 0) is 14.3 Å². The normalized spacial score (nSPS) is 12.9. The van der Waals surface area contributed by atoms with E-state index in [1.54, 1.807) is 6.92 Å². The fraction of sp³-hybridized carbons (Fsp3) is 0.357. The van der Waals surface area contributed by atoms with Crippen molar-refractivity contribution in [1.82, 2.24) is 5.32 Å². The van der Waals surface area contributed by atoms with E-state index in [-0.39, 0.29) is 5.71 Å². The average molecular weight is 278 g/mol. The third-order valence-corrected chi connectivity index (χ3v) is 2.68. The highest BCUT2D eigenvalue weighted by Gasteiger charge is 2.25. The van der Waals surface area contributed by atoms with E-state index in [1.165, 1.54) is 14.0 Å². The first-order chi connectivity index (χ1) is 9.45. The molecule has 0 heterocycles. The van der Waals surface area contributed by atoms with Gasteiger partial charge in [0.05, 0.1) is 7.11 Å². The molecule has 0 fully saturated rings. The zero-order valence-electron chi connectivity index (χ0n) is 11.7. The van der Waals surface area contributed by atoms with Crippen LogP contribution < -0.4 is 5.32 Å². The molecule has 0 aliphatic carbocycles. The van der Waals surface area contributed by atoms with E-state index in [0.29, 0.717) is 0 Å². The van der Waals surface area contributed by atoms with Crippen molar-refractivity contribution in [2.45, 2.75) is 26.0 Å². The van der Waals surface area contributed by atoms with Gasteiger partial charge in [0.25, 0.3) is 0 Å². The summed E-state index contributed by atoms with van der Waals surface area (Å²) < 4.78 is 9.67. The topological polar surface area (TPSA) is 88.5 Å². The molecule has 1 aromatic carbocycles. The molecule has 1 aromatic rings. The quantitative estimate of drug-likeness (QED) is 0.637. The van der Waals surface area contributed by atoms with Crippen LogP contribution in [0.5, 0.6) is 0 Å². The minimum atomic E-state index is -1.13. The number of alkyl carbamates (subject to hydrolysis) is 1. The van der Waals surface area contributed by atoms with Crippen LogP contribution in [0.3, 0.4) is 0 Å². The largest absolute Gasteiger partial charge is 0.467 e. The standard InChI is InChI=1S/C14H18N2O4/c1-9(15)12(13(17)19-3)16-14(18)20-10(2)11-7-5-4-6-8-11/h4-8,10,12,15H,1-3H3,(H,16,18)/t10-,12?/m1/s1. The van der Waals surface area contributed by atoms with Crippen molar-refractivity contribution in [2.75, 3.05) is 7.11 Å². The molecular weight excluding hydrogens is 260 g/mol. The van der Waals surface area contributed by atoms with Crippen molar-refractivity contribution in [3.63, 3.8) is 0 Å². The third kappa shape index (κ3) is 4.38. The first-order valence-corrected chi connectivity index (χ1v) is 6.10. The summed E-state index contributed by atoms with van der Waals surface area (Å²) in [7, 11) is 1.19. The van der Waals surface area contributed by atoms with Gasteiger partial charge in [-0.05, 0) is 19.4 Å². The molecule has 0 spiro atoms. The Balaban J connectivity index is 2.62. The molecule has 1 unspecified atom stereocenters. The van der Waals surface area contributed by atoms with Gasteiger partial charge in [-0.15, -0.1) is 0 Å². The van der Waals surface area contributed by atoms with Gasteiger partial charge in [0, 0.05) is 5.71 Å². The molecule has 1 rings (SSSR count). The highest BCUT2D eigenvalue weighted by Crippen LogP contribution is 2.15. The summed E-state index contributed by atoms with van der Waals surface area (Å²) in [6.45, 7) is 3.13. The fourth-order valence-corrected chi connectivity index (χ4v) is 1.57. The number of benzene rings is 1. The number of methoxy groups -OCH3 is 1. The summed E-state index contributed by atoms with van der Waals surface area (Å²) in [5.41, 5.74) is 0.810. The van der Waals surface area contributed by atoms with Gasteiger partial charge in [0.1, 0.15) is 6.10 Å². The van der Waals surface area contributed by atoms with Gasteiger partial charge in [-0.3, -0.25) is 0 Å². The van der Waals surface area contributed by atoms with Crippen LogP contribution in [0, 0.1) is 5.41 Å². The first-order valence-electron chi connectivity index (χ1n) is 6.10. The minimum absolute atomic E-state index is 0.0267. The second-order valence-corrected chi connectivity index (χ2v) is 4.24. The summed E-state index contributed by atoms with van der Waals surface area (Å²) >= 11 is 0. The molecule has 20 heavy (non-hydrogen) atoms. The lowest BCUT2D eigenvalue weighted by molar-refractivity contribution is -0.141. The van der Waals surface area contributed by atoms with Gasteiger partial charge in [-0.1, -0.05) is 30.3 Å². The maximum Gasteiger partial charge on any atom is 0.408 e. The second-order valence-electron chi connectivity index (χ2n) is 4.24. The Kier molecular flexibility index (Phi) is 5.71. The summed E-state index contributed by atoms with van der Waals surface area (Å²) in [6, 6.07) is 8.07. The van der Waals surface area contributed by atoms with Crippen LogP contribution in [0.2, 0.25) is 0 Å². The lowest BCUT2D eigenvalue weighted by Gasteiger charge is -2.18. The van der Waals surface area contributed by atoms with E-state index in [0.717, 1.165) is 5.56 Å². The third-order valence-electron chi connectivity index (χ3n) is 2.68. The molecule has 0 aromatic heterocycles. The SMILES string of the molecule is COC(=O)C(NC(=O)O[C@H](C)c1ccccc1)C(C)=N. The van der Waals surface area contributed by atoms with E-state index in [2.05, 4.69) is 10.1 Å². The Labute approximate surface area is 117 Å².